The molecule has 2 heterocycles. The smallest absolute Gasteiger partial charge is 0.137 e. The zero-order valence-electron chi connectivity index (χ0n) is 25.8. The van der Waals surface area contributed by atoms with Gasteiger partial charge in [0.1, 0.15) is 22.3 Å². The van der Waals surface area contributed by atoms with Crippen LogP contribution in [-0.2, 0) is 0 Å². The van der Waals surface area contributed by atoms with Crippen molar-refractivity contribution in [1.29, 1.82) is 0 Å². The molecule has 0 fully saturated rings. The van der Waals surface area contributed by atoms with Crippen LogP contribution in [0.1, 0.15) is 89.2 Å². The first-order valence-electron chi connectivity index (χ1n) is 16.4. The number of hydrogen-bond donors (Lipinski definition) is 0. The standard InChI is InChI=1S/C42H38O2/c1-3-5-7-9-11-13-19-29-25-39-41(33-23-17-15-21-31(29)33)35-27-38-36(28-37(35)43-39)42-34-24-18-16-22-32(34)30(26-40(42)44-38)20-14-12-10-8-6-4-2/h15-18,21-28H,3-12H2,1-2H3. The Morgan fingerprint density at radius 3 is 1.32 bits per heavy atom. The third kappa shape index (κ3) is 5.20. The Bertz CT molecular complexity index is 2110. The summed E-state index contributed by atoms with van der Waals surface area (Å²) in [5, 5.41) is 9.02. The first kappa shape index (κ1) is 28.1. The Labute approximate surface area is 259 Å². The minimum atomic E-state index is 0.866. The summed E-state index contributed by atoms with van der Waals surface area (Å²) >= 11 is 0. The van der Waals surface area contributed by atoms with Crippen molar-refractivity contribution in [2.45, 2.75) is 78.1 Å². The molecule has 0 saturated carbocycles. The van der Waals surface area contributed by atoms with Gasteiger partial charge >= 0.3 is 0 Å². The number of unbranched alkanes of at least 4 members (excludes halogenated alkanes) is 8. The first-order chi connectivity index (χ1) is 21.8. The van der Waals surface area contributed by atoms with Crippen LogP contribution in [0.15, 0.2) is 81.6 Å². The van der Waals surface area contributed by atoms with Crippen molar-refractivity contribution in [2.75, 3.05) is 0 Å². The fraction of sp³-hybridized carbons (Fsp3) is 0.286. The fourth-order valence-corrected chi connectivity index (χ4v) is 6.58. The predicted molar refractivity (Wildman–Crippen MR) is 187 cm³/mol. The molecule has 218 valence electrons. The number of furan rings is 2. The lowest BCUT2D eigenvalue weighted by Crippen LogP contribution is -1.82. The van der Waals surface area contributed by atoms with Gasteiger partial charge in [0, 0.05) is 45.5 Å². The maximum Gasteiger partial charge on any atom is 0.137 e. The summed E-state index contributed by atoms with van der Waals surface area (Å²) in [5.41, 5.74) is 5.53. The molecule has 0 bridgehead atoms. The molecule has 7 aromatic rings. The van der Waals surface area contributed by atoms with Crippen molar-refractivity contribution in [3.05, 3.63) is 83.9 Å². The van der Waals surface area contributed by atoms with Gasteiger partial charge in [-0.3, -0.25) is 0 Å². The molecule has 0 aliphatic heterocycles. The average molecular weight is 575 g/mol. The van der Waals surface area contributed by atoms with Gasteiger partial charge in [0.05, 0.1) is 0 Å². The van der Waals surface area contributed by atoms with Gasteiger partial charge in [-0.25, -0.2) is 0 Å². The van der Waals surface area contributed by atoms with Gasteiger partial charge in [-0.15, -0.1) is 0 Å². The van der Waals surface area contributed by atoms with Gasteiger partial charge in [-0.2, -0.15) is 0 Å². The summed E-state index contributed by atoms with van der Waals surface area (Å²) in [6.45, 7) is 4.48. The van der Waals surface area contributed by atoms with Crippen LogP contribution in [0.2, 0.25) is 0 Å². The van der Waals surface area contributed by atoms with E-state index in [0.29, 0.717) is 0 Å². The molecule has 0 N–H and O–H groups in total. The largest absolute Gasteiger partial charge is 0.456 e. The van der Waals surface area contributed by atoms with Crippen LogP contribution >= 0.6 is 0 Å². The Morgan fingerprint density at radius 2 is 0.886 bits per heavy atom. The third-order valence-corrected chi connectivity index (χ3v) is 8.83. The van der Waals surface area contributed by atoms with Crippen molar-refractivity contribution in [3.63, 3.8) is 0 Å². The Balaban J connectivity index is 1.36. The molecule has 0 aliphatic rings. The molecule has 0 spiro atoms. The molecule has 2 heteroatoms. The van der Waals surface area contributed by atoms with Gasteiger partial charge in [0.25, 0.3) is 0 Å². The second-order valence-corrected chi connectivity index (χ2v) is 12.0. The van der Waals surface area contributed by atoms with Crippen molar-refractivity contribution in [2.24, 2.45) is 0 Å². The van der Waals surface area contributed by atoms with Crippen molar-refractivity contribution >= 4 is 65.4 Å². The molecule has 0 radical (unpaired) electrons. The first-order valence-corrected chi connectivity index (χ1v) is 16.4. The van der Waals surface area contributed by atoms with E-state index in [1.807, 2.05) is 0 Å². The van der Waals surface area contributed by atoms with E-state index < -0.39 is 0 Å². The molecule has 0 atom stereocenters. The molecule has 0 amide bonds. The molecule has 2 aromatic heterocycles. The third-order valence-electron chi connectivity index (χ3n) is 8.83. The number of rotatable bonds is 8. The minimum absolute atomic E-state index is 0.866. The maximum absolute atomic E-state index is 6.58. The second-order valence-electron chi connectivity index (χ2n) is 12.0. The van der Waals surface area contributed by atoms with Crippen LogP contribution < -0.4 is 0 Å². The SMILES string of the molecule is CCCCCCC#Cc1cc2oc3cc4c(cc3c2c2ccccc12)oc1cc(C#CCCCCCC)c2ccccc2c14. The highest BCUT2D eigenvalue weighted by molar-refractivity contribution is 6.26. The van der Waals surface area contributed by atoms with E-state index in [1.54, 1.807) is 0 Å². The Hall–Kier alpha value is -4.66. The van der Waals surface area contributed by atoms with E-state index in [0.717, 1.165) is 102 Å². The molecule has 0 aliphatic carbocycles. The minimum Gasteiger partial charge on any atom is -0.456 e. The number of benzene rings is 5. The van der Waals surface area contributed by atoms with Gasteiger partial charge in [-0.1, -0.05) is 125 Å². The molecule has 7 rings (SSSR count). The van der Waals surface area contributed by atoms with Crippen LogP contribution in [0.3, 0.4) is 0 Å². The number of hydrogen-bond acceptors (Lipinski definition) is 2. The van der Waals surface area contributed by atoms with Crippen LogP contribution in [0.25, 0.3) is 65.4 Å². The zero-order valence-corrected chi connectivity index (χ0v) is 25.8. The number of fused-ring (bicyclic) bond motifs is 10. The van der Waals surface area contributed by atoms with Crippen molar-refractivity contribution < 1.29 is 8.83 Å². The summed E-state index contributed by atoms with van der Waals surface area (Å²) in [5.74, 6) is 13.8. The predicted octanol–water partition coefficient (Wildman–Crippen LogP) is 12.4. The van der Waals surface area contributed by atoms with Crippen LogP contribution in [0.4, 0.5) is 0 Å². The maximum atomic E-state index is 6.58. The summed E-state index contributed by atoms with van der Waals surface area (Å²) in [7, 11) is 0. The van der Waals surface area contributed by atoms with E-state index in [9.17, 15) is 0 Å². The van der Waals surface area contributed by atoms with Crippen LogP contribution in [0, 0.1) is 23.7 Å². The fourth-order valence-electron chi connectivity index (χ4n) is 6.58. The van der Waals surface area contributed by atoms with Gasteiger partial charge in [0.15, 0.2) is 0 Å². The summed E-state index contributed by atoms with van der Waals surface area (Å²) in [6, 6.07) is 25.7. The molecular weight excluding hydrogens is 536 g/mol. The highest BCUT2D eigenvalue weighted by Gasteiger charge is 2.18. The van der Waals surface area contributed by atoms with Gasteiger partial charge < -0.3 is 8.83 Å². The summed E-state index contributed by atoms with van der Waals surface area (Å²) in [6.07, 6.45) is 11.7. The second kappa shape index (κ2) is 12.5. The highest BCUT2D eigenvalue weighted by atomic mass is 16.3. The zero-order chi connectivity index (χ0) is 29.9. The Kier molecular flexibility index (Phi) is 8.01. The molecule has 44 heavy (non-hydrogen) atoms. The molecule has 0 saturated heterocycles. The normalized spacial score (nSPS) is 11.5. The lowest BCUT2D eigenvalue weighted by atomic mass is 9.97. The van der Waals surface area contributed by atoms with Crippen LogP contribution in [-0.4, -0.2) is 0 Å². The monoisotopic (exact) mass is 574 g/mol. The lowest BCUT2D eigenvalue weighted by Gasteiger charge is -2.03. The molecule has 2 nitrogen and oxygen atoms in total. The summed E-state index contributed by atoms with van der Waals surface area (Å²) in [4.78, 5) is 0. The highest BCUT2D eigenvalue weighted by Crippen LogP contribution is 2.42. The van der Waals surface area contributed by atoms with Crippen LogP contribution in [0.5, 0.6) is 0 Å². The molecular formula is C42H38O2. The Morgan fingerprint density at radius 1 is 0.455 bits per heavy atom. The summed E-state index contributed by atoms with van der Waals surface area (Å²) < 4.78 is 13.2. The quantitative estimate of drug-likeness (QED) is 0.133. The van der Waals surface area contributed by atoms with E-state index >= 15 is 0 Å². The van der Waals surface area contributed by atoms with Crippen molar-refractivity contribution in [3.8, 4) is 23.7 Å². The van der Waals surface area contributed by atoms with E-state index in [1.165, 1.54) is 38.5 Å². The van der Waals surface area contributed by atoms with E-state index in [4.69, 9.17) is 8.83 Å². The van der Waals surface area contributed by atoms with Gasteiger partial charge in [0.2, 0.25) is 0 Å². The average Bonchev–Trinajstić information content (AvgIpc) is 3.60. The lowest BCUT2D eigenvalue weighted by molar-refractivity contribution is 0.664. The van der Waals surface area contributed by atoms with Crippen molar-refractivity contribution in [1.82, 2.24) is 0 Å². The molecule has 5 aromatic carbocycles. The topological polar surface area (TPSA) is 26.3 Å². The van der Waals surface area contributed by atoms with Gasteiger partial charge in [-0.05, 0) is 58.7 Å². The van der Waals surface area contributed by atoms with E-state index in [2.05, 4.69) is 110 Å². The van der Waals surface area contributed by atoms with E-state index in [-0.39, 0.29) is 0 Å². The molecule has 0 unspecified atom stereocenters.